The van der Waals surface area contributed by atoms with Crippen LogP contribution in [0.4, 0.5) is 4.39 Å². The third-order valence-corrected chi connectivity index (χ3v) is 4.49. The van der Waals surface area contributed by atoms with Gasteiger partial charge in [-0.05, 0) is 66.1 Å². The predicted molar refractivity (Wildman–Crippen MR) is 94.7 cm³/mol. The molecule has 0 saturated carbocycles. The number of benzene rings is 2. The van der Waals surface area contributed by atoms with Gasteiger partial charge in [-0.3, -0.25) is 4.79 Å². The van der Waals surface area contributed by atoms with Gasteiger partial charge in [0.1, 0.15) is 18.2 Å². The molecule has 2 aromatic carbocycles. The maximum Gasteiger partial charge on any atom is 0.231 e. The van der Waals surface area contributed by atoms with E-state index in [1.165, 1.54) is 28.8 Å². The van der Waals surface area contributed by atoms with Gasteiger partial charge < -0.3 is 15.8 Å². The minimum absolute atomic E-state index is 0.173. The van der Waals surface area contributed by atoms with E-state index in [-0.39, 0.29) is 18.3 Å². The van der Waals surface area contributed by atoms with Crippen molar-refractivity contribution in [2.75, 3.05) is 6.54 Å². The molecule has 2 aromatic rings. The van der Waals surface area contributed by atoms with Crippen LogP contribution in [0.1, 0.15) is 35.1 Å². The predicted octanol–water partition coefficient (Wildman–Crippen LogP) is 2.86. The summed E-state index contributed by atoms with van der Waals surface area (Å²) >= 11 is 0. The summed E-state index contributed by atoms with van der Waals surface area (Å²) in [7, 11) is 0. The smallest absolute Gasteiger partial charge is 0.231 e. The van der Waals surface area contributed by atoms with Crippen molar-refractivity contribution in [3.05, 3.63) is 64.5 Å². The molecule has 0 heterocycles. The summed E-state index contributed by atoms with van der Waals surface area (Å²) in [6.07, 6.45) is 4.29. The van der Waals surface area contributed by atoms with Crippen LogP contribution in [-0.2, 0) is 30.8 Å². The Labute approximate surface area is 147 Å². The maximum atomic E-state index is 13.3. The minimum atomic E-state index is -0.357. The Morgan fingerprint density at radius 1 is 1.16 bits per heavy atom. The standard InChI is InChI=1S/C20H23FN2O2/c21-16-5-3-4-14(10-16)13-25-19-9-8-15(11-23-12-20(22)24)17-6-1-2-7-18(17)19/h3-5,8-10,23H,1-2,6-7,11-13H2,(H2,22,24). The van der Waals surface area contributed by atoms with Crippen LogP contribution in [0.25, 0.3) is 0 Å². The summed E-state index contributed by atoms with van der Waals surface area (Å²) in [5, 5.41) is 3.08. The lowest BCUT2D eigenvalue weighted by Crippen LogP contribution is -2.28. The van der Waals surface area contributed by atoms with Gasteiger partial charge in [0.15, 0.2) is 0 Å². The molecule has 3 rings (SSSR count). The average Bonchev–Trinajstić information content (AvgIpc) is 2.60. The fourth-order valence-corrected chi connectivity index (χ4v) is 3.32. The van der Waals surface area contributed by atoms with E-state index in [9.17, 15) is 9.18 Å². The molecule has 0 atom stereocenters. The fraction of sp³-hybridized carbons (Fsp3) is 0.350. The van der Waals surface area contributed by atoms with E-state index in [0.717, 1.165) is 37.0 Å². The second kappa shape index (κ2) is 8.12. The quantitative estimate of drug-likeness (QED) is 0.813. The lowest BCUT2D eigenvalue weighted by Gasteiger charge is -2.23. The van der Waals surface area contributed by atoms with Gasteiger partial charge in [-0.1, -0.05) is 18.2 Å². The first-order valence-corrected chi connectivity index (χ1v) is 8.63. The molecule has 1 aliphatic carbocycles. The van der Waals surface area contributed by atoms with Gasteiger partial charge in [-0.2, -0.15) is 0 Å². The Kier molecular flexibility index (Phi) is 5.66. The van der Waals surface area contributed by atoms with Crippen LogP contribution >= 0.6 is 0 Å². The molecule has 0 radical (unpaired) electrons. The van der Waals surface area contributed by atoms with E-state index in [4.69, 9.17) is 10.5 Å². The molecule has 0 bridgehead atoms. The maximum absolute atomic E-state index is 13.3. The lowest BCUT2D eigenvalue weighted by atomic mass is 9.87. The summed E-state index contributed by atoms with van der Waals surface area (Å²) in [4.78, 5) is 10.9. The van der Waals surface area contributed by atoms with Crippen molar-refractivity contribution < 1.29 is 13.9 Å². The molecular formula is C20H23FN2O2. The first-order valence-electron chi connectivity index (χ1n) is 8.63. The van der Waals surface area contributed by atoms with Gasteiger partial charge in [-0.15, -0.1) is 0 Å². The first kappa shape index (κ1) is 17.4. The molecule has 3 N–H and O–H groups in total. The number of carbonyl (C=O) groups excluding carboxylic acids is 1. The highest BCUT2D eigenvalue weighted by atomic mass is 19.1. The van der Waals surface area contributed by atoms with E-state index >= 15 is 0 Å². The molecule has 0 aliphatic heterocycles. The molecule has 4 nitrogen and oxygen atoms in total. The SMILES string of the molecule is NC(=O)CNCc1ccc(OCc2cccc(F)c2)c2c1CCCC2. The Hall–Kier alpha value is -2.40. The summed E-state index contributed by atoms with van der Waals surface area (Å²) < 4.78 is 19.3. The number of halogens is 1. The van der Waals surface area contributed by atoms with Gasteiger partial charge in [0.05, 0.1) is 6.54 Å². The van der Waals surface area contributed by atoms with E-state index in [1.54, 1.807) is 6.07 Å². The molecule has 1 amide bonds. The zero-order valence-electron chi connectivity index (χ0n) is 14.2. The molecule has 0 aromatic heterocycles. The van der Waals surface area contributed by atoms with Crippen molar-refractivity contribution in [2.24, 2.45) is 5.73 Å². The number of primary amides is 1. The number of rotatable bonds is 7. The molecule has 0 unspecified atom stereocenters. The van der Waals surface area contributed by atoms with Gasteiger partial charge in [0.25, 0.3) is 0 Å². The average molecular weight is 342 g/mol. The molecular weight excluding hydrogens is 319 g/mol. The van der Waals surface area contributed by atoms with Crippen LogP contribution in [-0.4, -0.2) is 12.5 Å². The van der Waals surface area contributed by atoms with Crippen LogP contribution in [0.2, 0.25) is 0 Å². The second-order valence-corrected chi connectivity index (χ2v) is 6.38. The van der Waals surface area contributed by atoms with Gasteiger partial charge in [-0.25, -0.2) is 4.39 Å². The summed E-state index contributed by atoms with van der Waals surface area (Å²) in [6.45, 7) is 1.14. The normalized spacial score (nSPS) is 13.3. The van der Waals surface area contributed by atoms with Crippen LogP contribution in [0, 0.1) is 5.82 Å². The number of hydrogen-bond acceptors (Lipinski definition) is 3. The van der Waals surface area contributed by atoms with Crippen molar-refractivity contribution >= 4 is 5.91 Å². The Morgan fingerprint density at radius 2 is 1.96 bits per heavy atom. The van der Waals surface area contributed by atoms with E-state index in [1.807, 2.05) is 18.2 Å². The molecule has 5 heteroatoms. The van der Waals surface area contributed by atoms with Crippen LogP contribution in [0.5, 0.6) is 5.75 Å². The lowest BCUT2D eigenvalue weighted by molar-refractivity contribution is -0.117. The van der Waals surface area contributed by atoms with Gasteiger partial charge >= 0.3 is 0 Å². The number of ether oxygens (including phenoxy) is 1. The molecule has 0 saturated heterocycles. The summed E-state index contributed by atoms with van der Waals surface area (Å²) in [6, 6.07) is 10.5. The van der Waals surface area contributed by atoms with E-state index < -0.39 is 0 Å². The Balaban J connectivity index is 1.74. The monoisotopic (exact) mass is 342 g/mol. The van der Waals surface area contributed by atoms with Crippen molar-refractivity contribution in [3.63, 3.8) is 0 Å². The zero-order chi connectivity index (χ0) is 17.6. The Morgan fingerprint density at radius 3 is 2.72 bits per heavy atom. The number of nitrogens with one attached hydrogen (secondary N) is 1. The third kappa shape index (κ3) is 4.57. The van der Waals surface area contributed by atoms with Crippen molar-refractivity contribution in [1.82, 2.24) is 5.32 Å². The van der Waals surface area contributed by atoms with Gasteiger partial charge in [0.2, 0.25) is 5.91 Å². The topological polar surface area (TPSA) is 64.4 Å². The number of carbonyl (C=O) groups is 1. The third-order valence-electron chi connectivity index (χ3n) is 4.49. The zero-order valence-corrected chi connectivity index (χ0v) is 14.2. The van der Waals surface area contributed by atoms with Crippen LogP contribution in [0.3, 0.4) is 0 Å². The second-order valence-electron chi connectivity index (χ2n) is 6.38. The Bertz CT molecular complexity index is 761. The first-order chi connectivity index (χ1) is 12.1. The highest BCUT2D eigenvalue weighted by molar-refractivity contribution is 5.75. The molecule has 1 aliphatic rings. The van der Waals surface area contributed by atoms with Crippen molar-refractivity contribution in [1.29, 1.82) is 0 Å². The molecule has 0 spiro atoms. The number of amides is 1. The van der Waals surface area contributed by atoms with Crippen molar-refractivity contribution in [3.8, 4) is 5.75 Å². The van der Waals surface area contributed by atoms with Gasteiger partial charge in [0, 0.05) is 6.54 Å². The van der Waals surface area contributed by atoms with E-state index in [2.05, 4.69) is 5.32 Å². The number of hydrogen-bond donors (Lipinski definition) is 2. The molecule has 132 valence electrons. The summed E-state index contributed by atoms with van der Waals surface area (Å²) in [5.74, 6) is 0.264. The van der Waals surface area contributed by atoms with E-state index in [0.29, 0.717) is 13.2 Å². The highest BCUT2D eigenvalue weighted by Gasteiger charge is 2.18. The number of nitrogens with two attached hydrogens (primary N) is 1. The van der Waals surface area contributed by atoms with Crippen molar-refractivity contribution in [2.45, 2.75) is 38.8 Å². The minimum Gasteiger partial charge on any atom is -0.489 e. The molecule has 25 heavy (non-hydrogen) atoms. The summed E-state index contributed by atoms with van der Waals surface area (Å²) in [5.41, 5.74) is 9.72. The van der Waals surface area contributed by atoms with Crippen LogP contribution in [0.15, 0.2) is 36.4 Å². The van der Waals surface area contributed by atoms with Crippen LogP contribution < -0.4 is 15.8 Å². The largest absolute Gasteiger partial charge is 0.489 e. The highest BCUT2D eigenvalue weighted by Crippen LogP contribution is 2.32. The fourth-order valence-electron chi connectivity index (χ4n) is 3.32. The number of fused-ring (bicyclic) bond motifs is 1. The molecule has 0 fully saturated rings.